The van der Waals surface area contributed by atoms with E-state index in [1.165, 1.54) is 6.20 Å². The minimum absolute atomic E-state index is 0.194. The summed E-state index contributed by atoms with van der Waals surface area (Å²) < 4.78 is 5.09. The number of hydrogen-bond donors (Lipinski definition) is 1. The first-order valence-corrected chi connectivity index (χ1v) is 8.11. The maximum atomic E-state index is 13.0. The van der Waals surface area contributed by atoms with Crippen molar-refractivity contribution in [1.29, 1.82) is 0 Å². The quantitative estimate of drug-likeness (QED) is 0.773. The molecule has 0 spiro atoms. The third-order valence-corrected chi connectivity index (χ3v) is 3.84. The van der Waals surface area contributed by atoms with Crippen LogP contribution in [0.4, 0.5) is 0 Å². The smallest absolute Gasteiger partial charge is 0.257 e. The summed E-state index contributed by atoms with van der Waals surface area (Å²) in [4.78, 5) is 18.8. The molecule has 1 aromatic carbocycles. The first-order chi connectivity index (χ1) is 11.8. The van der Waals surface area contributed by atoms with Gasteiger partial charge in [0, 0.05) is 19.3 Å². The molecule has 0 radical (unpaired) electrons. The van der Waals surface area contributed by atoms with E-state index in [0.29, 0.717) is 28.9 Å². The SMILES string of the molecule is Cc1noc2ncc(C(=O)N(Cc3ccccc3)CC(C)(C)O)cc12. The Morgan fingerprint density at radius 2 is 2.00 bits per heavy atom. The van der Waals surface area contributed by atoms with Gasteiger partial charge >= 0.3 is 0 Å². The Bertz CT molecular complexity index is 882. The summed E-state index contributed by atoms with van der Waals surface area (Å²) in [6.07, 6.45) is 1.48. The number of nitrogens with zero attached hydrogens (tertiary/aromatic N) is 3. The topological polar surface area (TPSA) is 79.5 Å². The number of carbonyl (C=O) groups is 1. The largest absolute Gasteiger partial charge is 0.389 e. The Hall–Kier alpha value is -2.73. The predicted molar refractivity (Wildman–Crippen MR) is 94.0 cm³/mol. The van der Waals surface area contributed by atoms with E-state index < -0.39 is 5.60 Å². The molecule has 130 valence electrons. The van der Waals surface area contributed by atoms with E-state index in [1.54, 1.807) is 31.7 Å². The normalized spacial score (nSPS) is 11.7. The van der Waals surface area contributed by atoms with Gasteiger partial charge in [-0.1, -0.05) is 35.5 Å². The van der Waals surface area contributed by atoms with Crippen LogP contribution in [0.5, 0.6) is 0 Å². The predicted octanol–water partition coefficient (Wildman–Crippen LogP) is 2.94. The van der Waals surface area contributed by atoms with Crippen molar-refractivity contribution in [2.24, 2.45) is 0 Å². The van der Waals surface area contributed by atoms with Gasteiger partial charge < -0.3 is 14.5 Å². The molecule has 1 N–H and O–H groups in total. The van der Waals surface area contributed by atoms with Gasteiger partial charge in [0.25, 0.3) is 11.6 Å². The molecule has 3 rings (SSSR count). The van der Waals surface area contributed by atoms with E-state index in [9.17, 15) is 9.90 Å². The standard InChI is InChI=1S/C19H21N3O3/c1-13-16-9-15(10-20-17(16)25-21-13)18(23)22(12-19(2,3)24)11-14-7-5-4-6-8-14/h4-10,24H,11-12H2,1-3H3. The first kappa shape index (κ1) is 17.1. The van der Waals surface area contributed by atoms with E-state index in [-0.39, 0.29) is 12.5 Å². The lowest BCUT2D eigenvalue weighted by Gasteiger charge is -2.29. The summed E-state index contributed by atoms with van der Waals surface area (Å²) in [6.45, 7) is 5.79. The van der Waals surface area contributed by atoms with Crippen molar-refractivity contribution in [1.82, 2.24) is 15.0 Å². The lowest BCUT2D eigenvalue weighted by Crippen LogP contribution is -2.41. The molecule has 0 fully saturated rings. The molecule has 0 aliphatic carbocycles. The van der Waals surface area contributed by atoms with Gasteiger partial charge in [-0.15, -0.1) is 0 Å². The molecule has 2 heterocycles. The molecule has 25 heavy (non-hydrogen) atoms. The highest BCUT2D eigenvalue weighted by atomic mass is 16.5. The van der Waals surface area contributed by atoms with Crippen LogP contribution >= 0.6 is 0 Å². The van der Waals surface area contributed by atoms with Gasteiger partial charge in [0.15, 0.2) is 0 Å². The van der Waals surface area contributed by atoms with Crippen molar-refractivity contribution in [3.63, 3.8) is 0 Å². The second-order valence-electron chi connectivity index (χ2n) is 6.80. The fraction of sp³-hybridized carbons (Fsp3) is 0.316. The van der Waals surface area contributed by atoms with Crippen molar-refractivity contribution < 1.29 is 14.4 Å². The van der Waals surface area contributed by atoms with Gasteiger partial charge in [-0.05, 0) is 32.4 Å². The van der Waals surface area contributed by atoms with Crippen molar-refractivity contribution in [2.75, 3.05) is 6.54 Å². The number of aryl methyl sites for hydroxylation is 1. The molecule has 0 saturated heterocycles. The van der Waals surface area contributed by atoms with Crippen LogP contribution in [-0.2, 0) is 6.54 Å². The summed E-state index contributed by atoms with van der Waals surface area (Å²) in [5.74, 6) is -0.194. The molecule has 0 saturated carbocycles. The summed E-state index contributed by atoms with van der Waals surface area (Å²) >= 11 is 0. The Balaban J connectivity index is 1.92. The molecule has 6 heteroatoms. The number of fused-ring (bicyclic) bond motifs is 1. The number of benzene rings is 1. The molecule has 0 aliphatic heterocycles. The van der Waals surface area contributed by atoms with Crippen LogP contribution in [0.1, 0.15) is 35.5 Å². The number of amides is 1. The van der Waals surface area contributed by atoms with Crippen LogP contribution in [0, 0.1) is 6.92 Å². The molecule has 6 nitrogen and oxygen atoms in total. The zero-order valence-corrected chi connectivity index (χ0v) is 14.6. The average Bonchev–Trinajstić information content (AvgIpc) is 2.94. The highest BCUT2D eigenvalue weighted by Crippen LogP contribution is 2.19. The third-order valence-electron chi connectivity index (χ3n) is 3.84. The lowest BCUT2D eigenvalue weighted by molar-refractivity contribution is 0.0280. The van der Waals surface area contributed by atoms with E-state index in [4.69, 9.17) is 4.52 Å². The maximum Gasteiger partial charge on any atom is 0.257 e. The summed E-state index contributed by atoms with van der Waals surface area (Å²) in [6, 6.07) is 11.4. The van der Waals surface area contributed by atoms with E-state index in [0.717, 1.165) is 5.56 Å². The summed E-state index contributed by atoms with van der Waals surface area (Å²) in [5, 5.41) is 14.8. The van der Waals surface area contributed by atoms with Gasteiger partial charge in [0.05, 0.1) is 22.2 Å². The van der Waals surface area contributed by atoms with Crippen molar-refractivity contribution >= 4 is 17.0 Å². The Morgan fingerprint density at radius 3 is 2.68 bits per heavy atom. The minimum atomic E-state index is -1.00. The highest BCUT2D eigenvalue weighted by molar-refractivity contribution is 5.97. The molecule has 2 aromatic heterocycles. The van der Waals surface area contributed by atoms with Crippen LogP contribution in [0.15, 0.2) is 47.1 Å². The van der Waals surface area contributed by atoms with Crippen LogP contribution < -0.4 is 0 Å². The van der Waals surface area contributed by atoms with Crippen molar-refractivity contribution in [3.05, 3.63) is 59.4 Å². The number of carbonyl (C=O) groups excluding carboxylic acids is 1. The highest BCUT2D eigenvalue weighted by Gasteiger charge is 2.24. The zero-order chi connectivity index (χ0) is 18.0. The fourth-order valence-electron chi connectivity index (χ4n) is 2.71. The molecule has 3 aromatic rings. The Kier molecular flexibility index (Phi) is 4.55. The average molecular weight is 339 g/mol. The minimum Gasteiger partial charge on any atom is -0.389 e. The monoisotopic (exact) mass is 339 g/mol. The van der Waals surface area contributed by atoms with Crippen LogP contribution in [0.3, 0.4) is 0 Å². The molecule has 1 amide bonds. The molecular weight excluding hydrogens is 318 g/mol. The van der Waals surface area contributed by atoms with E-state index >= 15 is 0 Å². The summed E-state index contributed by atoms with van der Waals surface area (Å²) in [5.41, 5.74) is 1.53. The fourth-order valence-corrected chi connectivity index (χ4v) is 2.71. The van der Waals surface area contributed by atoms with Gasteiger partial charge in [-0.3, -0.25) is 4.79 Å². The lowest BCUT2D eigenvalue weighted by atomic mass is 10.1. The second kappa shape index (κ2) is 6.64. The molecule has 0 aliphatic rings. The van der Waals surface area contributed by atoms with E-state index in [1.807, 2.05) is 30.3 Å². The molecule has 0 bridgehead atoms. The number of rotatable bonds is 5. The van der Waals surface area contributed by atoms with Crippen LogP contribution in [0.25, 0.3) is 11.1 Å². The first-order valence-electron chi connectivity index (χ1n) is 8.11. The number of aromatic nitrogens is 2. The van der Waals surface area contributed by atoms with Crippen LogP contribution in [-0.4, -0.2) is 38.2 Å². The zero-order valence-electron chi connectivity index (χ0n) is 14.6. The van der Waals surface area contributed by atoms with Gasteiger partial charge in [-0.2, -0.15) is 0 Å². The molecule has 0 unspecified atom stereocenters. The van der Waals surface area contributed by atoms with Crippen LogP contribution in [0.2, 0.25) is 0 Å². The summed E-state index contributed by atoms with van der Waals surface area (Å²) in [7, 11) is 0. The van der Waals surface area contributed by atoms with Crippen molar-refractivity contribution in [3.8, 4) is 0 Å². The van der Waals surface area contributed by atoms with Crippen molar-refractivity contribution in [2.45, 2.75) is 32.9 Å². The van der Waals surface area contributed by atoms with Gasteiger partial charge in [0.1, 0.15) is 0 Å². The van der Waals surface area contributed by atoms with E-state index in [2.05, 4.69) is 10.1 Å². The maximum absolute atomic E-state index is 13.0. The number of hydrogen-bond acceptors (Lipinski definition) is 5. The second-order valence-corrected chi connectivity index (χ2v) is 6.80. The number of pyridine rings is 1. The van der Waals surface area contributed by atoms with Gasteiger partial charge in [0.2, 0.25) is 0 Å². The number of aliphatic hydroxyl groups is 1. The Labute approximate surface area is 146 Å². The molecule has 0 atom stereocenters. The third kappa shape index (κ3) is 4.03. The Morgan fingerprint density at radius 1 is 1.28 bits per heavy atom. The molecular formula is C19H21N3O3. The van der Waals surface area contributed by atoms with Gasteiger partial charge in [-0.25, -0.2) is 4.98 Å².